The molecular formula is C9H8ClN3S. The molecule has 72 valence electrons. The Morgan fingerprint density at radius 1 is 1.21 bits per heavy atom. The maximum absolute atomic E-state index is 5.78. The van der Waals surface area contributed by atoms with Crippen LogP contribution in [0, 0.1) is 0 Å². The van der Waals surface area contributed by atoms with Crippen LogP contribution < -0.4 is 5.73 Å². The van der Waals surface area contributed by atoms with Gasteiger partial charge in [-0.3, -0.25) is 0 Å². The van der Waals surface area contributed by atoms with E-state index < -0.39 is 0 Å². The highest BCUT2D eigenvalue weighted by Crippen LogP contribution is 2.15. The number of nitrogens with two attached hydrogens (primary N) is 1. The van der Waals surface area contributed by atoms with Gasteiger partial charge in [-0.2, -0.15) is 5.10 Å². The summed E-state index contributed by atoms with van der Waals surface area (Å²) in [7, 11) is 0. The van der Waals surface area contributed by atoms with Crippen LogP contribution in [-0.2, 0) is 0 Å². The summed E-state index contributed by atoms with van der Waals surface area (Å²) in [5, 5.41) is 9.09. The van der Waals surface area contributed by atoms with E-state index in [-0.39, 0.29) is 0 Å². The lowest BCUT2D eigenvalue weighted by Gasteiger charge is -2.08. The van der Waals surface area contributed by atoms with E-state index in [1.54, 1.807) is 0 Å². The lowest BCUT2D eigenvalue weighted by atomic mass is 10.1. The zero-order chi connectivity index (χ0) is 9.97. The van der Waals surface area contributed by atoms with Gasteiger partial charge in [-0.05, 0) is 17.7 Å². The highest BCUT2D eigenvalue weighted by atomic mass is 35.5. The van der Waals surface area contributed by atoms with E-state index in [0.29, 0.717) is 5.17 Å². The van der Waals surface area contributed by atoms with Crippen molar-refractivity contribution in [1.82, 2.24) is 0 Å². The first-order chi connectivity index (χ1) is 6.75. The molecule has 1 aliphatic heterocycles. The SMILES string of the molecule is NC1=NN=C(c2ccc(Cl)cc2)CS1. The van der Waals surface area contributed by atoms with Crippen LogP contribution in [0.1, 0.15) is 5.56 Å². The standard InChI is InChI=1S/C9H8ClN3S/c10-7-3-1-6(2-4-7)8-5-14-9(11)13-12-8/h1-4H,5H2,(H2,11,13). The molecule has 0 radical (unpaired) electrons. The van der Waals surface area contributed by atoms with Crippen LogP contribution in [0.2, 0.25) is 5.02 Å². The van der Waals surface area contributed by atoms with Crippen molar-refractivity contribution in [2.24, 2.45) is 15.9 Å². The summed E-state index contributed by atoms with van der Waals surface area (Å²) in [5.74, 6) is 0.761. The van der Waals surface area contributed by atoms with E-state index in [9.17, 15) is 0 Å². The van der Waals surface area contributed by atoms with Crippen LogP contribution in [0.4, 0.5) is 0 Å². The van der Waals surface area contributed by atoms with Gasteiger partial charge in [0.05, 0.1) is 5.71 Å². The molecule has 1 aromatic rings. The molecule has 0 unspecified atom stereocenters. The summed E-state index contributed by atoms with van der Waals surface area (Å²) >= 11 is 7.27. The Labute approximate surface area is 91.0 Å². The van der Waals surface area contributed by atoms with Crippen LogP contribution in [-0.4, -0.2) is 16.6 Å². The van der Waals surface area contributed by atoms with Gasteiger partial charge in [0.25, 0.3) is 0 Å². The summed E-state index contributed by atoms with van der Waals surface area (Å²) in [6.45, 7) is 0. The maximum Gasteiger partial charge on any atom is 0.180 e. The molecule has 1 heterocycles. The predicted molar refractivity (Wildman–Crippen MR) is 62.1 cm³/mol. The number of thioether (sulfide) groups is 1. The van der Waals surface area contributed by atoms with Crippen LogP contribution >= 0.6 is 23.4 Å². The van der Waals surface area contributed by atoms with Gasteiger partial charge in [-0.1, -0.05) is 35.5 Å². The molecule has 0 saturated carbocycles. The Balaban J connectivity index is 2.28. The lowest BCUT2D eigenvalue weighted by molar-refractivity contribution is 1.22. The molecule has 5 heteroatoms. The smallest absolute Gasteiger partial charge is 0.180 e. The second kappa shape index (κ2) is 4.02. The van der Waals surface area contributed by atoms with Gasteiger partial charge in [0.1, 0.15) is 0 Å². The predicted octanol–water partition coefficient (Wildman–Crippen LogP) is 2.11. The number of hydrogen-bond donors (Lipinski definition) is 1. The Hall–Kier alpha value is -1.000. The highest BCUT2D eigenvalue weighted by molar-refractivity contribution is 8.14. The number of rotatable bonds is 1. The number of amidine groups is 1. The fourth-order valence-corrected chi connectivity index (χ4v) is 1.83. The summed E-state index contributed by atoms with van der Waals surface area (Å²) in [5.41, 5.74) is 7.46. The van der Waals surface area contributed by atoms with E-state index in [2.05, 4.69) is 10.2 Å². The van der Waals surface area contributed by atoms with Crippen molar-refractivity contribution in [3.63, 3.8) is 0 Å². The molecule has 1 aliphatic rings. The summed E-state index contributed by atoms with van der Waals surface area (Å²) in [6, 6.07) is 7.54. The first kappa shape index (κ1) is 9.55. The van der Waals surface area contributed by atoms with E-state index in [0.717, 1.165) is 22.1 Å². The summed E-state index contributed by atoms with van der Waals surface area (Å²) in [6.07, 6.45) is 0. The fraction of sp³-hybridized carbons (Fsp3) is 0.111. The number of nitrogens with zero attached hydrogens (tertiary/aromatic N) is 2. The fourth-order valence-electron chi connectivity index (χ4n) is 1.09. The summed E-state index contributed by atoms with van der Waals surface area (Å²) in [4.78, 5) is 0. The van der Waals surface area contributed by atoms with Crippen molar-refractivity contribution >= 4 is 34.2 Å². The maximum atomic E-state index is 5.78. The van der Waals surface area contributed by atoms with Crippen molar-refractivity contribution in [3.05, 3.63) is 34.9 Å². The average Bonchev–Trinajstić information content (AvgIpc) is 2.21. The minimum absolute atomic E-state index is 0.516. The number of hydrogen-bond acceptors (Lipinski definition) is 4. The third-order valence-corrected chi connectivity index (χ3v) is 2.85. The minimum atomic E-state index is 0.516. The lowest BCUT2D eigenvalue weighted by Crippen LogP contribution is -2.16. The Kier molecular flexibility index (Phi) is 2.74. The zero-order valence-electron chi connectivity index (χ0n) is 7.27. The van der Waals surface area contributed by atoms with Crippen molar-refractivity contribution in [2.75, 3.05) is 5.75 Å². The average molecular weight is 226 g/mol. The second-order valence-electron chi connectivity index (χ2n) is 2.78. The molecule has 2 rings (SSSR count). The molecule has 0 amide bonds. The van der Waals surface area contributed by atoms with Gasteiger partial charge in [-0.25, -0.2) is 0 Å². The third kappa shape index (κ3) is 2.08. The molecule has 3 nitrogen and oxygen atoms in total. The summed E-state index contributed by atoms with van der Waals surface area (Å²) < 4.78 is 0. The molecule has 0 aliphatic carbocycles. The largest absolute Gasteiger partial charge is 0.377 e. The normalized spacial score (nSPS) is 16.1. The van der Waals surface area contributed by atoms with Crippen LogP contribution in [0.15, 0.2) is 34.5 Å². The monoisotopic (exact) mass is 225 g/mol. The molecule has 1 aromatic carbocycles. The zero-order valence-corrected chi connectivity index (χ0v) is 8.85. The van der Waals surface area contributed by atoms with Gasteiger partial charge in [-0.15, -0.1) is 5.10 Å². The van der Waals surface area contributed by atoms with Gasteiger partial charge in [0.15, 0.2) is 5.17 Å². The van der Waals surface area contributed by atoms with Crippen LogP contribution in [0.3, 0.4) is 0 Å². The third-order valence-electron chi connectivity index (χ3n) is 1.80. The molecule has 14 heavy (non-hydrogen) atoms. The minimum Gasteiger partial charge on any atom is -0.377 e. The van der Waals surface area contributed by atoms with E-state index in [1.807, 2.05) is 24.3 Å². The molecule has 2 N–H and O–H groups in total. The molecule has 0 aromatic heterocycles. The van der Waals surface area contributed by atoms with Crippen molar-refractivity contribution in [1.29, 1.82) is 0 Å². The second-order valence-corrected chi connectivity index (χ2v) is 4.21. The number of halogens is 1. The first-order valence-corrected chi connectivity index (χ1v) is 5.41. The molecule has 0 bridgehead atoms. The number of benzene rings is 1. The van der Waals surface area contributed by atoms with Crippen molar-refractivity contribution in [2.45, 2.75) is 0 Å². The van der Waals surface area contributed by atoms with E-state index >= 15 is 0 Å². The topological polar surface area (TPSA) is 50.7 Å². The van der Waals surface area contributed by atoms with Crippen molar-refractivity contribution < 1.29 is 0 Å². The van der Waals surface area contributed by atoms with Crippen molar-refractivity contribution in [3.8, 4) is 0 Å². The van der Waals surface area contributed by atoms with E-state index in [1.165, 1.54) is 11.8 Å². The highest BCUT2D eigenvalue weighted by Gasteiger charge is 2.09. The Bertz CT molecular complexity index is 397. The van der Waals surface area contributed by atoms with Crippen LogP contribution in [0.25, 0.3) is 0 Å². The van der Waals surface area contributed by atoms with Crippen LogP contribution in [0.5, 0.6) is 0 Å². The molecule has 0 fully saturated rings. The molecule has 0 saturated heterocycles. The Morgan fingerprint density at radius 3 is 2.50 bits per heavy atom. The molecule has 0 atom stereocenters. The van der Waals surface area contributed by atoms with E-state index in [4.69, 9.17) is 17.3 Å². The molecule has 0 spiro atoms. The van der Waals surface area contributed by atoms with Gasteiger partial charge in [0, 0.05) is 10.8 Å². The quantitative estimate of drug-likeness (QED) is 0.796. The molecular weight excluding hydrogens is 218 g/mol. The van der Waals surface area contributed by atoms with Gasteiger partial charge < -0.3 is 5.73 Å². The Morgan fingerprint density at radius 2 is 1.93 bits per heavy atom. The van der Waals surface area contributed by atoms with Gasteiger partial charge in [0.2, 0.25) is 0 Å². The first-order valence-electron chi connectivity index (χ1n) is 4.04. The van der Waals surface area contributed by atoms with Gasteiger partial charge >= 0.3 is 0 Å².